The number of nitrogens with one attached hydrogen (secondary N) is 1. The summed E-state index contributed by atoms with van der Waals surface area (Å²) in [7, 11) is -3.32. The molecule has 0 bridgehead atoms. The summed E-state index contributed by atoms with van der Waals surface area (Å²) in [6, 6.07) is 0. The Labute approximate surface area is 57.1 Å². The van der Waals surface area contributed by atoms with Gasteiger partial charge in [-0.25, -0.2) is 18.1 Å². The van der Waals surface area contributed by atoms with Crippen LogP contribution in [-0.2, 0) is 16.6 Å². The van der Waals surface area contributed by atoms with E-state index >= 15 is 0 Å². The molecule has 1 aliphatic heterocycles. The highest BCUT2D eigenvalue weighted by Crippen LogP contribution is 2.18. The zero-order chi connectivity index (χ0) is 7.19. The van der Waals surface area contributed by atoms with Crippen molar-refractivity contribution >= 4 is 10.0 Å². The molecule has 0 fully saturated rings. The molecule has 0 unspecified atom stereocenters. The van der Waals surface area contributed by atoms with E-state index in [4.69, 9.17) is 4.42 Å². The summed E-state index contributed by atoms with van der Waals surface area (Å²) in [5, 5.41) is 0.0208. The number of hydrogen-bond acceptors (Lipinski definition) is 4. The summed E-state index contributed by atoms with van der Waals surface area (Å²) in [5.41, 5.74) is 0. The van der Waals surface area contributed by atoms with Crippen molar-refractivity contribution in [3.8, 4) is 0 Å². The minimum atomic E-state index is -3.32. The third-order valence-electron chi connectivity index (χ3n) is 1.28. The van der Waals surface area contributed by atoms with Gasteiger partial charge in [0.15, 0.2) is 12.2 Å². The second-order valence-electron chi connectivity index (χ2n) is 1.91. The number of hydrogen-bond donors (Lipinski definition) is 1. The van der Waals surface area contributed by atoms with Crippen LogP contribution in [-0.4, -0.2) is 13.4 Å². The lowest BCUT2D eigenvalue weighted by Gasteiger charge is -1.86. The first-order valence-electron chi connectivity index (χ1n) is 2.62. The molecule has 0 radical (unpaired) electrons. The monoisotopic (exact) mass is 160 g/mol. The Kier molecular flexibility index (Phi) is 0.930. The number of oxazole rings is 1. The highest BCUT2D eigenvalue weighted by molar-refractivity contribution is 7.89. The predicted molar refractivity (Wildman–Crippen MR) is 30.5 cm³/mol. The van der Waals surface area contributed by atoms with Crippen LogP contribution in [0.15, 0.2) is 15.8 Å². The molecule has 0 saturated heterocycles. The largest absolute Gasteiger partial charge is 0.446 e. The molecule has 1 aliphatic rings. The first-order chi connectivity index (χ1) is 4.70. The fourth-order valence-corrected chi connectivity index (χ4v) is 1.89. The van der Waals surface area contributed by atoms with Crippen molar-refractivity contribution in [2.24, 2.45) is 0 Å². The van der Waals surface area contributed by atoms with Crippen LogP contribution in [0.3, 0.4) is 0 Å². The molecule has 0 spiro atoms. The fourth-order valence-electron chi connectivity index (χ4n) is 0.826. The SMILES string of the molecule is O=S1(=O)NCc2ocnc21. The summed E-state index contributed by atoms with van der Waals surface area (Å²) in [5.74, 6) is 0.389. The topological polar surface area (TPSA) is 72.2 Å². The summed E-state index contributed by atoms with van der Waals surface area (Å²) in [6.07, 6.45) is 1.13. The Morgan fingerprint density at radius 3 is 3.20 bits per heavy atom. The molecule has 0 aliphatic carbocycles. The Morgan fingerprint density at radius 1 is 1.70 bits per heavy atom. The number of aromatic nitrogens is 1. The molecular weight excluding hydrogens is 156 g/mol. The predicted octanol–water partition coefficient (Wildman–Crippen LogP) is -0.533. The average molecular weight is 160 g/mol. The third-order valence-corrected chi connectivity index (χ3v) is 2.65. The lowest BCUT2D eigenvalue weighted by molar-refractivity contribution is 0.499. The van der Waals surface area contributed by atoms with Gasteiger partial charge in [-0.05, 0) is 0 Å². The van der Waals surface area contributed by atoms with Crippen molar-refractivity contribution in [2.45, 2.75) is 11.6 Å². The van der Waals surface area contributed by atoms with Crippen LogP contribution in [0.25, 0.3) is 0 Å². The van der Waals surface area contributed by atoms with Gasteiger partial charge in [-0.15, -0.1) is 0 Å². The standard InChI is InChI=1S/C4H4N2O3S/c7-10(8)4-3(1-6-10)9-2-5-4/h2,6H,1H2. The van der Waals surface area contributed by atoms with Gasteiger partial charge in [0.1, 0.15) is 0 Å². The average Bonchev–Trinajstić information content (AvgIpc) is 2.36. The molecule has 5 nitrogen and oxygen atoms in total. The molecular formula is C4H4N2O3S. The van der Waals surface area contributed by atoms with Crippen LogP contribution in [0.4, 0.5) is 0 Å². The highest BCUT2D eigenvalue weighted by Gasteiger charge is 2.29. The van der Waals surface area contributed by atoms with E-state index in [9.17, 15) is 8.42 Å². The maximum Gasteiger partial charge on any atom is 0.262 e. The molecule has 1 aromatic rings. The van der Waals surface area contributed by atoms with Gasteiger partial charge < -0.3 is 4.42 Å². The Morgan fingerprint density at radius 2 is 2.50 bits per heavy atom. The Hall–Kier alpha value is -0.880. The van der Waals surface area contributed by atoms with Crippen LogP contribution in [0.1, 0.15) is 5.76 Å². The van der Waals surface area contributed by atoms with Crippen molar-refractivity contribution < 1.29 is 12.8 Å². The second kappa shape index (κ2) is 1.58. The number of fused-ring (bicyclic) bond motifs is 1. The van der Waals surface area contributed by atoms with E-state index in [1.165, 1.54) is 0 Å². The van der Waals surface area contributed by atoms with Gasteiger partial charge >= 0.3 is 0 Å². The maximum absolute atomic E-state index is 10.9. The normalized spacial score (nSPS) is 20.8. The van der Waals surface area contributed by atoms with Crippen molar-refractivity contribution in [1.82, 2.24) is 9.71 Å². The van der Waals surface area contributed by atoms with E-state index in [1.54, 1.807) is 0 Å². The summed E-state index contributed by atoms with van der Waals surface area (Å²) in [6.45, 7) is 0.220. The van der Waals surface area contributed by atoms with E-state index in [2.05, 4.69) is 9.71 Å². The number of nitrogens with zero attached hydrogens (tertiary/aromatic N) is 1. The van der Waals surface area contributed by atoms with Gasteiger partial charge in [0.05, 0.1) is 6.54 Å². The maximum atomic E-state index is 10.9. The van der Waals surface area contributed by atoms with Crippen LogP contribution in [0.5, 0.6) is 0 Å². The Balaban J connectivity index is 2.76. The minimum Gasteiger partial charge on any atom is -0.446 e. The third kappa shape index (κ3) is 0.598. The van der Waals surface area contributed by atoms with Gasteiger partial charge in [0.2, 0.25) is 5.03 Å². The van der Waals surface area contributed by atoms with Gasteiger partial charge in [0, 0.05) is 0 Å². The van der Waals surface area contributed by atoms with E-state index < -0.39 is 10.0 Å². The first-order valence-corrected chi connectivity index (χ1v) is 4.10. The first kappa shape index (κ1) is 5.87. The quantitative estimate of drug-likeness (QED) is 0.553. The molecule has 0 atom stereocenters. The highest BCUT2D eigenvalue weighted by atomic mass is 32.2. The molecule has 1 aromatic heterocycles. The molecule has 2 heterocycles. The van der Waals surface area contributed by atoms with E-state index in [0.717, 1.165) is 6.39 Å². The smallest absolute Gasteiger partial charge is 0.262 e. The van der Waals surface area contributed by atoms with Crippen molar-refractivity contribution in [3.05, 3.63) is 12.2 Å². The molecule has 6 heteroatoms. The lowest BCUT2D eigenvalue weighted by Crippen LogP contribution is -2.14. The van der Waals surface area contributed by atoms with E-state index in [1.807, 2.05) is 0 Å². The van der Waals surface area contributed by atoms with Crippen molar-refractivity contribution in [3.63, 3.8) is 0 Å². The zero-order valence-electron chi connectivity index (χ0n) is 4.86. The minimum absolute atomic E-state index is 0.0208. The van der Waals surface area contributed by atoms with Crippen molar-refractivity contribution in [1.29, 1.82) is 0 Å². The molecule has 0 amide bonds. The van der Waals surface area contributed by atoms with Crippen LogP contribution >= 0.6 is 0 Å². The number of sulfonamides is 1. The zero-order valence-corrected chi connectivity index (χ0v) is 5.68. The van der Waals surface area contributed by atoms with Crippen LogP contribution in [0.2, 0.25) is 0 Å². The van der Waals surface area contributed by atoms with Crippen LogP contribution < -0.4 is 4.72 Å². The van der Waals surface area contributed by atoms with E-state index in [0.29, 0.717) is 5.76 Å². The lowest BCUT2D eigenvalue weighted by atomic mass is 10.5. The second-order valence-corrected chi connectivity index (χ2v) is 3.59. The van der Waals surface area contributed by atoms with Gasteiger partial charge in [0.25, 0.3) is 10.0 Å². The summed E-state index contributed by atoms with van der Waals surface area (Å²) < 4.78 is 28.8. The number of rotatable bonds is 0. The molecule has 0 saturated carbocycles. The summed E-state index contributed by atoms with van der Waals surface area (Å²) >= 11 is 0. The molecule has 0 aromatic carbocycles. The summed E-state index contributed by atoms with van der Waals surface area (Å²) in [4.78, 5) is 3.53. The molecule has 1 N–H and O–H groups in total. The molecule has 54 valence electrons. The van der Waals surface area contributed by atoms with Crippen molar-refractivity contribution in [2.75, 3.05) is 0 Å². The van der Waals surface area contributed by atoms with Crippen LogP contribution in [0, 0.1) is 0 Å². The van der Waals surface area contributed by atoms with Gasteiger partial charge in [-0.2, -0.15) is 0 Å². The van der Waals surface area contributed by atoms with E-state index in [-0.39, 0.29) is 11.6 Å². The molecule has 2 rings (SSSR count). The Bertz CT molecular complexity index is 352. The fraction of sp³-hybridized carbons (Fsp3) is 0.250. The van der Waals surface area contributed by atoms with Gasteiger partial charge in [-0.3, -0.25) is 0 Å². The molecule has 10 heavy (non-hydrogen) atoms. The van der Waals surface area contributed by atoms with Gasteiger partial charge in [-0.1, -0.05) is 0 Å².